The van der Waals surface area contributed by atoms with Crippen molar-refractivity contribution < 1.29 is 16.0 Å². The van der Waals surface area contributed by atoms with Gasteiger partial charge in [-0.05, 0) is 88.3 Å². The van der Waals surface area contributed by atoms with Crippen LogP contribution in [-0.4, -0.2) is 15.8 Å². The van der Waals surface area contributed by atoms with Crippen molar-refractivity contribution in [1.82, 2.24) is 9.13 Å². The number of benzene rings is 11. The van der Waals surface area contributed by atoms with Crippen molar-refractivity contribution in [2.24, 2.45) is 0 Å². The molecule has 0 amide bonds. The molecule has 0 N–H and O–H groups in total. The number of fused-ring (bicyclic) bond motifs is 14. The zero-order valence-electron chi connectivity index (χ0n) is 43.4. The van der Waals surface area contributed by atoms with E-state index in [1.807, 2.05) is 42.5 Å². The third kappa shape index (κ3) is 5.49. The lowest BCUT2D eigenvalue weighted by atomic mass is 9.34. The molecule has 0 atom stereocenters. The quantitative estimate of drug-likeness (QED) is 0.161. The van der Waals surface area contributed by atoms with Gasteiger partial charge in [0.1, 0.15) is 22.7 Å². The van der Waals surface area contributed by atoms with Crippen LogP contribution in [0.2, 0.25) is 0 Å². The minimum atomic E-state index is -0.476. The van der Waals surface area contributed by atoms with E-state index in [9.17, 15) is 2.74 Å². The van der Waals surface area contributed by atoms with Crippen LogP contribution in [0.4, 0.5) is 17.1 Å². The molecule has 6 heteroatoms. The molecular formula is C66H40BN3O2. The maximum absolute atomic E-state index is 9.37. The van der Waals surface area contributed by atoms with Crippen LogP contribution < -0.4 is 26.0 Å². The molecule has 0 saturated carbocycles. The first-order chi connectivity index (χ1) is 37.8. The molecule has 3 aromatic heterocycles. The van der Waals surface area contributed by atoms with Crippen LogP contribution in [0, 0.1) is 0 Å². The third-order valence-corrected chi connectivity index (χ3v) is 15.0. The summed E-state index contributed by atoms with van der Waals surface area (Å²) in [5.74, 6) is 1.09. The summed E-state index contributed by atoms with van der Waals surface area (Å²) in [6.07, 6.45) is 0. The van der Waals surface area contributed by atoms with E-state index in [1.54, 1.807) is 0 Å². The average Bonchev–Trinajstić information content (AvgIpc) is 4.32. The number of hydrogen-bond donors (Lipinski definition) is 0. The summed E-state index contributed by atoms with van der Waals surface area (Å²) in [4.78, 5) is 2.29. The number of para-hydroxylation sites is 6. The van der Waals surface area contributed by atoms with Crippen molar-refractivity contribution in [1.29, 1.82) is 0 Å². The van der Waals surface area contributed by atoms with E-state index in [1.165, 1.54) is 0 Å². The highest BCUT2D eigenvalue weighted by Gasteiger charge is 2.45. The molecule has 0 aliphatic carbocycles. The fourth-order valence-corrected chi connectivity index (χ4v) is 12.1. The van der Waals surface area contributed by atoms with Crippen LogP contribution in [-0.2, 0) is 0 Å². The minimum Gasteiger partial charge on any atom is -0.458 e. The van der Waals surface area contributed by atoms with Gasteiger partial charge in [0.15, 0.2) is 0 Å². The lowest BCUT2D eigenvalue weighted by Crippen LogP contribution is -2.59. The summed E-state index contributed by atoms with van der Waals surface area (Å²) in [6, 6.07) is 71.9. The Balaban J connectivity index is 1.06. The van der Waals surface area contributed by atoms with Gasteiger partial charge in [-0.3, -0.25) is 0 Å². The van der Waals surface area contributed by atoms with Crippen LogP contribution in [0.1, 0.15) is 6.85 Å². The first kappa shape index (κ1) is 34.7. The van der Waals surface area contributed by atoms with Crippen LogP contribution in [0.25, 0.3) is 99.2 Å². The van der Waals surface area contributed by atoms with Crippen molar-refractivity contribution >= 4 is 106 Å². The fraction of sp³-hybridized carbons (Fsp3) is 0. The second-order valence-corrected chi connectivity index (χ2v) is 18.8. The summed E-state index contributed by atoms with van der Waals surface area (Å²) in [5.41, 5.74) is 15.3. The molecule has 0 fully saturated rings. The number of hydrogen-bond acceptors (Lipinski definition) is 3. The van der Waals surface area contributed by atoms with Crippen molar-refractivity contribution in [3.05, 3.63) is 243 Å². The van der Waals surface area contributed by atoms with Gasteiger partial charge >= 0.3 is 0 Å². The Morgan fingerprint density at radius 2 is 0.986 bits per heavy atom. The maximum atomic E-state index is 9.37. The Bertz CT molecular complexity index is 4750. The van der Waals surface area contributed by atoms with Gasteiger partial charge < -0.3 is 23.2 Å². The van der Waals surface area contributed by atoms with Gasteiger partial charge in [-0.2, -0.15) is 0 Å². The molecular weight excluding hydrogens is 878 g/mol. The predicted octanol–water partition coefficient (Wildman–Crippen LogP) is 15.5. The number of rotatable bonds is 5. The monoisotopic (exact) mass is 922 g/mol. The molecule has 11 aromatic carbocycles. The van der Waals surface area contributed by atoms with E-state index < -0.39 is 24.8 Å². The molecule has 334 valence electrons. The summed E-state index contributed by atoms with van der Waals surface area (Å²) < 4.78 is 64.4. The standard InChI is InChI=1S/C66H40BN3O2/c1-3-19-41(20-4-1)43-37-59-64-61(38-43)71-62-40-58(69-55-32-16-10-26-48(55)49-27-11-17-33-56(49)69)63-50-28-12-18-34-60(50)72-66(63)65(62)67(64)51-36-35-44(68-53-30-14-8-24-46(53)47-25-9-15-31-54(47)68)39-57(51)70(59)52-29-13-7-23-45(52)42-21-5-2-6-22-42/h1-40H/i1D,3D,4D,19D,20D. The zero-order chi connectivity index (χ0) is 51.4. The first-order valence-electron chi connectivity index (χ1n) is 26.8. The second kappa shape index (κ2) is 15.0. The van der Waals surface area contributed by atoms with E-state index in [4.69, 9.17) is 13.3 Å². The molecule has 2 aliphatic rings. The van der Waals surface area contributed by atoms with Crippen LogP contribution in [0.5, 0.6) is 11.5 Å². The second-order valence-electron chi connectivity index (χ2n) is 18.8. The largest absolute Gasteiger partial charge is 0.458 e. The Labute approximate surface area is 421 Å². The Hall–Kier alpha value is -9.52. The van der Waals surface area contributed by atoms with Crippen molar-refractivity contribution in [3.63, 3.8) is 0 Å². The summed E-state index contributed by atoms with van der Waals surface area (Å²) in [7, 11) is 0. The molecule has 0 radical (unpaired) electrons. The fourth-order valence-electron chi connectivity index (χ4n) is 12.1. The van der Waals surface area contributed by atoms with Crippen molar-refractivity contribution in [3.8, 4) is 45.1 Å². The van der Waals surface area contributed by atoms with Gasteiger partial charge in [0.25, 0.3) is 6.71 Å². The molecule has 0 bridgehead atoms. The summed E-state index contributed by atoms with van der Waals surface area (Å²) >= 11 is 0. The van der Waals surface area contributed by atoms with Crippen LogP contribution >= 0.6 is 0 Å². The van der Waals surface area contributed by atoms with Gasteiger partial charge in [0.2, 0.25) is 0 Å². The van der Waals surface area contributed by atoms with E-state index in [0.717, 1.165) is 116 Å². The summed E-state index contributed by atoms with van der Waals surface area (Å²) in [5, 5.41) is 6.47. The van der Waals surface area contributed by atoms with Crippen molar-refractivity contribution in [2.75, 3.05) is 4.90 Å². The lowest BCUT2D eigenvalue weighted by molar-refractivity contribution is 0.487. The molecule has 14 aromatic rings. The SMILES string of the molecule is [2H]c1c([2H])c([2H])c(-c2cc3c4c(c2)N(c2ccccc2-c2ccccc2)c2cc(-n5c6ccccc6c6ccccc65)ccc2B4c2c(cc(-n4c5ccccc5c5ccccc54)c4c2oc2ccccc24)O3)c([2H])c1[2H]. The number of ether oxygens (including phenoxy) is 1. The number of nitrogens with zero attached hydrogens (tertiary/aromatic N) is 3. The van der Waals surface area contributed by atoms with Crippen molar-refractivity contribution in [2.45, 2.75) is 0 Å². The Morgan fingerprint density at radius 1 is 0.403 bits per heavy atom. The molecule has 5 heterocycles. The topological polar surface area (TPSA) is 35.5 Å². The highest BCUT2D eigenvalue weighted by atomic mass is 16.5. The lowest BCUT2D eigenvalue weighted by Gasteiger charge is -2.41. The highest BCUT2D eigenvalue weighted by Crippen LogP contribution is 2.49. The smallest absolute Gasteiger partial charge is 0.261 e. The van der Waals surface area contributed by atoms with Gasteiger partial charge in [-0.1, -0.05) is 176 Å². The molecule has 0 spiro atoms. The number of aromatic nitrogens is 2. The molecule has 0 saturated heterocycles. The van der Waals surface area contributed by atoms with Gasteiger partial charge in [-0.25, -0.2) is 0 Å². The molecule has 2 aliphatic heterocycles. The first-order valence-corrected chi connectivity index (χ1v) is 24.3. The molecule has 16 rings (SSSR count). The zero-order valence-corrected chi connectivity index (χ0v) is 38.4. The van der Waals surface area contributed by atoms with Gasteiger partial charge in [0, 0.05) is 61.1 Å². The average molecular weight is 923 g/mol. The van der Waals surface area contributed by atoms with E-state index >= 15 is 0 Å². The summed E-state index contributed by atoms with van der Waals surface area (Å²) in [6.45, 7) is -0.476. The third-order valence-electron chi connectivity index (χ3n) is 15.0. The number of anilines is 3. The molecule has 5 nitrogen and oxygen atoms in total. The van der Waals surface area contributed by atoms with E-state index in [0.29, 0.717) is 22.6 Å². The van der Waals surface area contributed by atoms with Gasteiger partial charge in [-0.15, -0.1) is 0 Å². The molecule has 72 heavy (non-hydrogen) atoms. The normalized spacial score (nSPS) is 13.8. The Morgan fingerprint density at radius 3 is 1.68 bits per heavy atom. The Kier molecular flexibility index (Phi) is 7.23. The highest BCUT2D eigenvalue weighted by molar-refractivity contribution is 7.00. The molecule has 0 unspecified atom stereocenters. The number of furan rings is 1. The maximum Gasteiger partial charge on any atom is 0.261 e. The van der Waals surface area contributed by atoms with Crippen LogP contribution in [0.3, 0.4) is 0 Å². The van der Waals surface area contributed by atoms with Crippen LogP contribution in [0.15, 0.2) is 247 Å². The van der Waals surface area contributed by atoms with E-state index in [-0.39, 0.29) is 17.6 Å². The minimum absolute atomic E-state index is 0.0841. The van der Waals surface area contributed by atoms with E-state index in [2.05, 4.69) is 184 Å². The van der Waals surface area contributed by atoms with Gasteiger partial charge in [0.05, 0.1) is 45.7 Å². The predicted molar refractivity (Wildman–Crippen MR) is 299 cm³/mol.